The topological polar surface area (TPSA) is 65.0 Å². The Bertz CT molecular complexity index is 327. The number of methoxy groups -OCH3 is 1. The minimum atomic E-state index is -0.774. The molecule has 2 N–H and O–H groups in total. The molecular weight excluding hydrogens is 282 g/mol. The van der Waals surface area contributed by atoms with E-state index in [9.17, 15) is 4.79 Å². The molecule has 2 fully saturated rings. The third-order valence-electron chi connectivity index (χ3n) is 5.04. The zero-order chi connectivity index (χ0) is 15.8. The first-order valence-electron chi connectivity index (χ1n) is 8.65. The van der Waals surface area contributed by atoms with Crippen LogP contribution in [0, 0.1) is 0 Å². The van der Waals surface area contributed by atoms with Crippen molar-refractivity contribution in [3.63, 3.8) is 0 Å². The number of carboxylic acid groups (broad SMARTS) is 1. The predicted octanol–water partition coefficient (Wildman–Crippen LogP) is 1.96. The van der Waals surface area contributed by atoms with Gasteiger partial charge in [0.25, 0.3) is 0 Å². The number of amides is 1. The molecule has 1 aliphatic heterocycles. The SMILES string of the molecule is COCNCCN(C1CCCCC1)C1CCN(C(=O)O)CC1. The zero-order valence-electron chi connectivity index (χ0n) is 13.8. The van der Waals surface area contributed by atoms with Gasteiger partial charge in [0.2, 0.25) is 0 Å². The standard InChI is InChI=1S/C16H31N3O3/c1-22-13-17-9-12-19(14-5-3-2-4-6-14)15-7-10-18(11-8-15)16(20)21/h14-15,17H,2-13H2,1H3,(H,20,21). The van der Waals surface area contributed by atoms with Gasteiger partial charge >= 0.3 is 6.09 Å². The van der Waals surface area contributed by atoms with Gasteiger partial charge in [-0.15, -0.1) is 0 Å². The average Bonchev–Trinajstić information content (AvgIpc) is 2.56. The van der Waals surface area contributed by atoms with Gasteiger partial charge in [-0.2, -0.15) is 0 Å². The van der Waals surface area contributed by atoms with E-state index >= 15 is 0 Å². The monoisotopic (exact) mass is 313 g/mol. The van der Waals surface area contributed by atoms with Crippen LogP contribution in [0.2, 0.25) is 0 Å². The molecule has 22 heavy (non-hydrogen) atoms. The Morgan fingerprint density at radius 1 is 1.18 bits per heavy atom. The van der Waals surface area contributed by atoms with Crippen LogP contribution in [-0.2, 0) is 4.74 Å². The lowest BCUT2D eigenvalue weighted by molar-refractivity contribution is 0.0548. The Hall–Kier alpha value is -0.850. The number of nitrogens with zero attached hydrogens (tertiary/aromatic N) is 2. The fraction of sp³-hybridized carbons (Fsp3) is 0.938. The van der Waals surface area contributed by atoms with Crippen LogP contribution in [0.5, 0.6) is 0 Å². The molecule has 0 atom stereocenters. The summed E-state index contributed by atoms with van der Waals surface area (Å²) in [6.07, 6.45) is 7.78. The lowest BCUT2D eigenvalue weighted by atomic mass is 9.91. The molecule has 6 nitrogen and oxygen atoms in total. The Labute approximate surface area is 133 Å². The molecule has 1 aliphatic carbocycles. The van der Waals surface area contributed by atoms with Gasteiger partial charge in [-0.05, 0) is 25.7 Å². The van der Waals surface area contributed by atoms with Gasteiger partial charge in [-0.3, -0.25) is 10.2 Å². The number of ether oxygens (including phenoxy) is 1. The normalized spacial score (nSPS) is 21.5. The summed E-state index contributed by atoms with van der Waals surface area (Å²) in [6.45, 7) is 3.91. The van der Waals surface area contributed by atoms with E-state index in [1.165, 1.54) is 32.1 Å². The Morgan fingerprint density at radius 3 is 2.41 bits per heavy atom. The van der Waals surface area contributed by atoms with Crippen molar-refractivity contribution in [3.05, 3.63) is 0 Å². The van der Waals surface area contributed by atoms with Crippen LogP contribution >= 0.6 is 0 Å². The summed E-state index contributed by atoms with van der Waals surface area (Å²) in [5.74, 6) is 0. The van der Waals surface area contributed by atoms with Crippen LogP contribution in [0.4, 0.5) is 4.79 Å². The molecule has 0 bridgehead atoms. The molecule has 0 radical (unpaired) electrons. The molecule has 128 valence electrons. The summed E-state index contributed by atoms with van der Waals surface area (Å²) in [5, 5.41) is 12.4. The second-order valence-electron chi connectivity index (χ2n) is 6.46. The number of nitrogens with one attached hydrogen (secondary N) is 1. The number of likely N-dealkylation sites (tertiary alicyclic amines) is 1. The highest BCUT2D eigenvalue weighted by Crippen LogP contribution is 2.27. The molecule has 0 unspecified atom stereocenters. The first kappa shape index (κ1) is 17.5. The minimum Gasteiger partial charge on any atom is -0.465 e. The van der Waals surface area contributed by atoms with Gasteiger partial charge < -0.3 is 14.7 Å². The van der Waals surface area contributed by atoms with Crippen molar-refractivity contribution in [2.24, 2.45) is 0 Å². The third kappa shape index (κ3) is 5.11. The van der Waals surface area contributed by atoms with Gasteiger partial charge in [0.15, 0.2) is 0 Å². The quantitative estimate of drug-likeness (QED) is 0.555. The van der Waals surface area contributed by atoms with Crippen LogP contribution in [0.25, 0.3) is 0 Å². The summed E-state index contributed by atoms with van der Waals surface area (Å²) >= 11 is 0. The molecule has 1 heterocycles. The first-order valence-corrected chi connectivity index (χ1v) is 8.65. The van der Waals surface area contributed by atoms with E-state index in [0.29, 0.717) is 31.9 Å². The molecule has 0 aromatic carbocycles. The van der Waals surface area contributed by atoms with E-state index < -0.39 is 6.09 Å². The predicted molar refractivity (Wildman–Crippen MR) is 86.1 cm³/mol. The summed E-state index contributed by atoms with van der Waals surface area (Å²) in [7, 11) is 1.70. The third-order valence-corrected chi connectivity index (χ3v) is 5.04. The summed E-state index contributed by atoms with van der Waals surface area (Å²) < 4.78 is 5.05. The summed E-state index contributed by atoms with van der Waals surface area (Å²) in [4.78, 5) is 15.3. The second kappa shape index (κ2) is 9.33. The maximum absolute atomic E-state index is 11.1. The maximum Gasteiger partial charge on any atom is 0.407 e. The molecule has 0 spiro atoms. The van der Waals surface area contributed by atoms with Crippen LogP contribution < -0.4 is 5.32 Å². The number of hydrogen-bond donors (Lipinski definition) is 2. The van der Waals surface area contributed by atoms with Crippen molar-refractivity contribution in [2.75, 3.05) is 40.0 Å². The van der Waals surface area contributed by atoms with Crippen LogP contribution in [0.15, 0.2) is 0 Å². The minimum absolute atomic E-state index is 0.531. The van der Waals surface area contributed by atoms with Crippen LogP contribution in [0.1, 0.15) is 44.9 Å². The second-order valence-corrected chi connectivity index (χ2v) is 6.46. The van der Waals surface area contributed by atoms with Crippen molar-refractivity contribution in [3.8, 4) is 0 Å². The fourth-order valence-corrected chi connectivity index (χ4v) is 3.85. The molecule has 6 heteroatoms. The Balaban J connectivity index is 1.87. The lowest BCUT2D eigenvalue weighted by Gasteiger charge is -2.43. The van der Waals surface area contributed by atoms with Gasteiger partial charge in [0, 0.05) is 45.4 Å². The summed E-state index contributed by atoms with van der Waals surface area (Å²) in [6, 6.07) is 1.21. The Morgan fingerprint density at radius 2 is 1.82 bits per heavy atom. The molecular formula is C16H31N3O3. The van der Waals surface area contributed by atoms with Crippen LogP contribution in [0.3, 0.4) is 0 Å². The summed E-state index contributed by atoms with van der Waals surface area (Å²) in [5.41, 5.74) is 0. The van der Waals surface area contributed by atoms with E-state index in [-0.39, 0.29) is 0 Å². The van der Waals surface area contributed by atoms with Crippen LogP contribution in [-0.4, -0.2) is 73.1 Å². The van der Waals surface area contributed by atoms with Crippen molar-refractivity contribution < 1.29 is 14.6 Å². The van der Waals surface area contributed by atoms with E-state index in [4.69, 9.17) is 9.84 Å². The van der Waals surface area contributed by atoms with Gasteiger partial charge in [-0.25, -0.2) is 4.79 Å². The van der Waals surface area contributed by atoms with Gasteiger partial charge in [-0.1, -0.05) is 19.3 Å². The lowest BCUT2D eigenvalue weighted by Crippen LogP contribution is -2.52. The van der Waals surface area contributed by atoms with Gasteiger partial charge in [0.05, 0.1) is 6.73 Å². The smallest absolute Gasteiger partial charge is 0.407 e. The van der Waals surface area contributed by atoms with Crippen molar-refractivity contribution >= 4 is 6.09 Å². The van der Waals surface area contributed by atoms with E-state index in [2.05, 4.69) is 10.2 Å². The molecule has 2 aliphatic rings. The van der Waals surface area contributed by atoms with E-state index in [0.717, 1.165) is 25.9 Å². The highest BCUT2D eigenvalue weighted by atomic mass is 16.5. The van der Waals surface area contributed by atoms with E-state index in [1.807, 2.05) is 0 Å². The number of rotatable bonds is 7. The maximum atomic E-state index is 11.1. The highest BCUT2D eigenvalue weighted by molar-refractivity contribution is 5.65. The van der Waals surface area contributed by atoms with Crippen molar-refractivity contribution in [2.45, 2.75) is 57.0 Å². The van der Waals surface area contributed by atoms with Crippen molar-refractivity contribution in [1.29, 1.82) is 0 Å². The average molecular weight is 313 g/mol. The molecule has 2 rings (SSSR count). The molecule has 1 saturated heterocycles. The molecule has 1 saturated carbocycles. The molecule has 0 aromatic rings. The number of piperidine rings is 1. The first-order chi connectivity index (χ1) is 10.7. The Kier molecular flexibility index (Phi) is 7.42. The molecule has 0 aromatic heterocycles. The fourth-order valence-electron chi connectivity index (χ4n) is 3.85. The largest absolute Gasteiger partial charge is 0.465 e. The zero-order valence-corrected chi connectivity index (χ0v) is 13.8. The number of hydrogen-bond acceptors (Lipinski definition) is 4. The molecule has 1 amide bonds. The van der Waals surface area contributed by atoms with Crippen molar-refractivity contribution in [1.82, 2.24) is 15.1 Å². The van der Waals surface area contributed by atoms with E-state index in [1.54, 1.807) is 12.0 Å². The van der Waals surface area contributed by atoms with Gasteiger partial charge in [0.1, 0.15) is 0 Å². The number of carbonyl (C=O) groups is 1. The highest BCUT2D eigenvalue weighted by Gasteiger charge is 2.31.